The van der Waals surface area contributed by atoms with Crippen LogP contribution in [-0.4, -0.2) is 86.8 Å². The molecule has 2 aliphatic rings. The van der Waals surface area contributed by atoms with Gasteiger partial charge in [-0.15, -0.1) is 0 Å². The van der Waals surface area contributed by atoms with Crippen LogP contribution >= 0.6 is 11.3 Å². The summed E-state index contributed by atoms with van der Waals surface area (Å²) in [5.74, 6) is 0.0695. The molecule has 3 aromatic rings. The quantitative estimate of drug-likeness (QED) is 0.364. The van der Waals surface area contributed by atoms with Crippen molar-refractivity contribution in [3.63, 3.8) is 0 Å². The van der Waals surface area contributed by atoms with Gasteiger partial charge in [0.05, 0.1) is 28.5 Å². The number of carbonyl (C=O) groups is 2. The van der Waals surface area contributed by atoms with Crippen LogP contribution in [0.3, 0.4) is 0 Å². The summed E-state index contributed by atoms with van der Waals surface area (Å²) in [6, 6.07) is 14.4. The molecule has 1 fully saturated rings. The Balaban J connectivity index is 1.42. The molecule has 0 N–H and O–H groups in total. The third kappa shape index (κ3) is 6.57. The number of allylic oxidation sites excluding steroid dienone is 1. The molecule has 1 aromatic heterocycles. The molecule has 226 valence electrons. The van der Waals surface area contributed by atoms with E-state index in [0.717, 1.165) is 29.9 Å². The Bertz CT molecular complexity index is 1700. The van der Waals surface area contributed by atoms with Crippen molar-refractivity contribution in [1.29, 1.82) is 0 Å². The lowest BCUT2D eigenvalue weighted by Crippen LogP contribution is -2.48. The molecule has 1 amide bonds. The zero-order valence-electron chi connectivity index (χ0n) is 25.2. The molecule has 11 heteroatoms. The number of hydrogen-bond donors (Lipinski definition) is 0. The van der Waals surface area contributed by atoms with Crippen LogP contribution in [0, 0.1) is 0 Å². The van der Waals surface area contributed by atoms with Gasteiger partial charge < -0.3 is 24.2 Å². The average molecular weight is 604 g/mol. The summed E-state index contributed by atoms with van der Waals surface area (Å²) >= 11 is 1.28. The lowest BCUT2D eigenvalue weighted by molar-refractivity contribution is -0.139. The van der Waals surface area contributed by atoms with Crippen molar-refractivity contribution in [1.82, 2.24) is 14.4 Å². The van der Waals surface area contributed by atoms with E-state index < -0.39 is 12.0 Å². The summed E-state index contributed by atoms with van der Waals surface area (Å²) in [5, 5.41) is 0. The van der Waals surface area contributed by atoms with E-state index in [1.165, 1.54) is 11.3 Å². The highest BCUT2D eigenvalue weighted by molar-refractivity contribution is 7.07. The van der Waals surface area contributed by atoms with Crippen molar-refractivity contribution in [3.05, 3.63) is 90.6 Å². The molecule has 1 unspecified atom stereocenters. The van der Waals surface area contributed by atoms with E-state index >= 15 is 0 Å². The number of aromatic nitrogens is 1. The third-order valence-corrected chi connectivity index (χ3v) is 8.62. The van der Waals surface area contributed by atoms with E-state index in [1.54, 1.807) is 36.6 Å². The van der Waals surface area contributed by atoms with Gasteiger partial charge in [0.1, 0.15) is 5.75 Å². The number of fused-ring (bicyclic) bond motifs is 1. The molecule has 3 heterocycles. The second kappa shape index (κ2) is 13.0. The van der Waals surface area contributed by atoms with Gasteiger partial charge in [0, 0.05) is 46.0 Å². The standard InChI is InChI=1S/C32H37N5O5S/c1-6-41-31(40)28-21(2)33-32-37(29(28)23-9-11-24(12-10-23)34(3)4)30(39)26(43-32)19-22-7-13-25(14-8-22)42-20-27(38)36-17-15-35(5)16-18-36/h7-14,19,29H,6,15-18,20H2,1-5H3/b26-19-. The number of benzene rings is 2. The molecule has 2 aliphatic heterocycles. The monoisotopic (exact) mass is 603 g/mol. The Morgan fingerprint density at radius 3 is 2.35 bits per heavy atom. The number of likely N-dealkylation sites (N-methyl/N-ethyl adjacent to an activating group) is 1. The van der Waals surface area contributed by atoms with E-state index in [4.69, 9.17) is 9.47 Å². The third-order valence-electron chi connectivity index (χ3n) is 7.64. The fourth-order valence-electron chi connectivity index (χ4n) is 5.17. The molecular weight excluding hydrogens is 566 g/mol. The molecule has 10 nitrogen and oxygen atoms in total. The zero-order chi connectivity index (χ0) is 30.7. The van der Waals surface area contributed by atoms with E-state index in [9.17, 15) is 14.4 Å². The number of carbonyl (C=O) groups excluding carboxylic acids is 2. The highest BCUT2D eigenvalue weighted by Gasteiger charge is 2.33. The molecule has 43 heavy (non-hydrogen) atoms. The van der Waals surface area contributed by atoms with Crippen LogP contribution in [0.15, 0.2) is 69.6 Å². The first-order valence-electron chi connectivity index (χ1n) is 14.3. The predicted molar refractivity (Wildman–Crippen MR) is 167 cm³/mol. The van der Waals surface area contributed by atoms with Gasteiger partial charge in [-0.05, 0) is 62.4 Å². The summed E-state index contributed by atoms with van der Waals surface area (Å²) in [7, 11) is 5.96. The normalized spacial score (nSPS) is 17.4. The number of rotatable bonds is 8. The van der Waals surface area contributed by atoms with E-state index in [0.29, 0.717) is 39.4 Å². The molecule has 0 aliphatic carbocycles. The minimum Gasteiger partial charge on any atom is -0.484 e. The van der Waals surface area contributed by atoms with E-state index in [-0.39, 0.29) is 24.7 Å². The van der Waals surface area contributed by atoms with Crippen LogP contribution in [0.1, 0.15) is 31.0 Å². The van der Waals surface area contributed by atoms with E-state index in [1.807, 2.05) is 67.3 Å². The molecular formula is C32H37N5O5S. The Hall–Kier alpha value is -4.22. The summed E-state index contributed by atoms with van der Waals surface area (Å²) in [6.07, 6.45) is 1.80. The fourth-order valence-corrected chi connectivity index (χ4v) is 6.21. The van der Waals surface area contributed by atoms with Crippen molar-refractivity contribution in [2.24, 2.45) is 4.99 Å². The minimum absolute atomic E-state index is 0.0146. The molecule has 0 radical (unpaired) electrons. The number of amides is 1. The maximum Gasteiger partial charge on any atom is 0.338 e. The fraction of sp³-hybridized carbons (Fsp3) is 0.375. The number of anilines is 1. The topological polar surface area (TPSA) is 96.7 Å². The van der Waals surface area contributed by atoms with Crippen molar-refractivity contribution in [2.75, 3.05) is 65.4 Å². The molecule has 1 saturated heterocycles. The maximum absolute atomic E-state index is 13.9. The molecule has 1 atom stereocenters. The Labute approximate surface area is 254 Å². The van der Waals surface area contributed by atoms with Gasteiger partial charge in [-0.1, -0.05) is 35.6 Å². The largest absolute Gasteiger partial charge is 0.484 e. The number of nitrogens with zero attached hydrogens (tertiary/aromatic N) is 5. The highest BCUT2D eigenvalue weighted by atomic mass is 32.1. The highest BCUT2D eigenvalue weighted by Crippen LogP contribution is 2.31. The van der Waals surface area contributed by atoms with Gasteiger partial charge in [-0.25, -0.2) is 9.79 Å². The molecule has 0 saturated carbocycles. The maximum atomic E-state index is 13.9. The lowest BCUT2D eigenvalue weighted by Gasteiger charge is -2.32. The second-order valence-electron chi connectivity index (χ2n) is 10.8. The Morgan fingerprint density at radius 1 is 1.05 bits per heavy atom. The van der Waals surface area contributed by atoms with Crippen LogP contribution in [0.4, 0.5) is 5.69 Å². The van der Waals surface area contributed by atoms with Crippen LogP contribution in [-0.2, 0) is 14.3 Å². The summed E-state index contributed by atoms with van der Waals surface area (Å²) in [4.78, 5) is 50.7. The number of piperazine rings is 1. The zero-order valence-corrected chi connectivity index (χ0v) is 26.0. The summed E-state index contributed by atoms with van der Waals surface area (Å²) in [5.41, 5.74) is 3.24. The number of ether oxygens (including phenoxy) is 2. The average Bonchev–Trinajstić information content (AvgIpc) is 3.30. The van der Waals surface area contributed by atoms with Gasteiger partial charge in [0.15, 0.2) is 11.4 Å². The first-order valence-corrected chi connectivity index (χ1v) is 15.1. The lowest BCUT2D eigenvalue weighted by atomic mass is 9.95. The van der Waals surface area contributed by atoms with Crippen molar-refractivity contribution in [3.8, 4) is 5.75 Å². The number of hydrogen-bond acceptors (Lipinski definition) is 9. The molecule has 2 aromatic carbocycles. The SMILES string of the molecule is CCOC(=O)C1=C(C)N=c2s/c(=C\c3ccc(OCC(=O)N4CCN(C)CC4)cc3)c(=O)n2C1c1ccc(N(C)C)cc1. The second-order valence-corrected chi connectivity index (χ2v) is 11.8. The number of thiazole rings is 1. The smallest absolute Gasteiger partial charge is 0.338 e. The van der Waals surface area contributed by atoms with Gasteiger partial charge >= 0.3 is 5.97 Å². The van der Waals surface area contributed by atoms with Crippen LogP contribution in [0.2, 0.25) is 0 Å². The summed E-state index contributed by atoms with van der Waals surface area (Å²) < 4.78 is 13.2. The number of esters is 1. The van der Waals surface area contributed by atoms with Gasteiger partial charge in [-0.3, -0.25) is 14.2 Å². The van der Waals surface area contributed by atoms with Crippen LogP contribution in [0.25, 0.3) is 6.08 Å². The minimum atomic E-state index is -0.665. The van der Waals surface area contributed by atoms with E-state index in [2.05, 4.69) is 9.89 Å². The van der Waals surface area contributed by atoms with Gasteiger partial charge in [-0.2, -0.15) is 0 Å². The molecule has 0 bridgehead atoms. The first kappa shape index (κ1) is 30.2. The van der Waals surface area contributed by atoms with Crippen molar-refractivity contribution in [2.45, 2.75) is 19.9 Å². The first-order chi connectivity index (χ1) is 20.7. The molecule has 0 spiro atoms. The van der Waals surface area contributed by atoms with Crippen molar-refractivity contribution >= 4 is 35.0 Å². The Kier molecular flexibility index (Phi) is 9.12. The van der Waals surface area contributed by atoms with Crippen LogP contribution in [0.5, 0.6) is 5.75 Å². The van der Waals surface area contributed by atoms with Crippen LogP contribution < -0.4 is 24.5 Å². The Morgan fingerprint density at radius 2 is 1.72 bits per heavy atom. The van der Waals surface area contributed by atoms with Gasteiger partial charge in [0.2, 0.25) is 0 Å². The van der Waals surface area contributed by atoms with Crippen molar-refractivity contribution < 1.29 is 19.1 Å². The van der Waals surface area contributed by atoms with Gasteiger partial charge in [0.25, 0.3) is 11.5 Å². The molecule has 5 rings (SSSR count). The summed E-state index contributed by atoms with van der Waals surface area (Å²) in [6.45, 7) is 6.87. The predicted octanol–water partition coefficient (Wildman–Crippen LogP) is 2.02.